The van der Waals surface area contributed by atoms with Crippen LogP contribution in [-0.2, 0) is 15.7 Å². The van der Waals surface area contributed by atoms with Crippen molar-refractivity contribution >= 4 is 40.0 Å². The number of benzene rings is 3. The van der Waals surface area contributed by atoms with Crippen LogP contribution in [-0.4, -0.2) is 79.8 Å². The average Bonchev–Trinajstić information content (AvgIpc) is 3.51. The minimum absolute atomic E-state index is 0.254. The molecule has 0 spiro atoms. The number of nitrogens with one attached hydrogen (secondary N) is 1. The third-order valence-corrected chi connectivity index (χ3v) is 9.48. The lowest BCUT2D eigenvalue weighted by atomic mass is 10.1. The summed E-state index contributed by atoms with van der Waals surface area (Å²) in [6, 6.07) is 19.7. The summed E-state index contributed by atoms with van der Waals surface area (Å²) in [5.41, 5.74) is 1.98. The standard InChI is InChI=1S/C34H37F3N4O3S/c1-24(23-44-27-8-9-28-25(21-27)11-12-38-28)33(42)43-20-19-40-17-15-39(16-18-40)13-4-14-41-29-5-2-3-6-31(29)45-32-10-7-26(22-30(32)41)34(35,36)37/h2-3,5-12,21-22,24,38H,4,13-20,23H2,1H3. The number of rotatable bonds is 11. The molecule has 0 radical (unpaired) electrons. The number of ether oxygens (including phenoxy) is 2. The third kappa shape index (κ3) is 7.59. The molecule has 7 nitrogen and oxygen atoms in total. The number of halogens is 3. The van der Waals surface area contributed by atoms with Crippen molar-refractivity contribution in [3.63, 3.8) is 0 Å². The third-order valence-electron chi connectivity index (χ3n) is 8.35. The highest BCUT2D eigenvalue weighted by atomic mass is 32.2. The maximum Gasteiger partial charge on any atom is 0.416 e. The number of piperazine rings is 1. The van der Waals surface area contributed by atoms with E-state index >= 15 is 0 Å². The smallest absolute Gasteiger partial charge is 0.416 e. The molecule has 4 aromatic rings. The first-order valence-corrected chi connectivity index (χ1v) is 16.1. The number of esters is 1. The Morgan fingerprint density at radius 1 is 0.911 bits per heavy atom. The van der Waals surface area contributed by atoms with Crippen molar-refractivity contribution in [2.45, 2.75) is 29.3 Å². The predicted octanol–water partition coefficient (Wildman–Crippen LogP) is 7.06. The molecular formula is C34H37F3N4O3S. The molecule has 3 heterocycles. The number of carbonyl (C=O) groups is 1. The second-order valence-electron chi connectivity index (χ2n) is 11.5. The van der Waals surface area contributed by atoms with Crippen molar-refractivity contribution in [3.8, 4) is 5.75 Å². The Kier molecular flexibility index (Phi) is 9.58. The van der Waals surface area contributed by atoms with Crippen LogP contribution in [0.25, 0.3) is 10.9 Å². The van der Waals surface area contributed by atoms with E-state index in [4.69, 9.17) is 9.47 Å². The minimum atomic E-state index is -4.38. The number of carbonyl (C=O) groups excluding carboxylic acids is 1. The molecular weight excluding hydrogens is 601 g/mol. The quantitative estimate of drug-likeness (QED) is 0.177. The van der Waals surface area contributed by atoms with Gasteiger partial charge in [0.2, 0.25) is 0 Å². The van der Waals surface area contributed by atoms with Gasteiger partial charge in [0.25, 0.3) is 0 Å². The zero-order valence-electron chi connectivity index (χ0n) is 25.2. The molecule has 1 unspecified atom stereocenters. The van der Waals surface area contributed by atoms with Crippen LogP contribution < -0.4 is 9.64 Å². The second-order valence-corrected chi connectivity index (χ2v) is 12.6. The van der Waals surface area contributed by atoms with Crippen molar-refractivity contribution in [2.75, 3.05) is 63.9 Å². The molecule has 1 aromatic heterocycles. The average molecular weight is 639 g/mol. The monoisotopic (exact) mass is 638 g/mol. The van der Waals surface area contributed by atoms with Crippen molar-refractivity contribution in [2.24, 2.45) is 5.92 Å². The van der Waals surface area contributed by atoms with E-state index in [9.17, 15) is 18.0 Å². The summed E-state index contributed by atoms with van der Waals surface area (Å²) in [6.07, 6.45) is -1.68. The Morgan fingerprint density at radius 2 is 1.67 bits per heavy atom. The number of para-hydroxylation sites is 1. The molecule has 2 aliphatic heterocycles. The normalized spacial score (nSPS) is 16.3. The Balaban J connectivity index is 0.920. The number of H-pyrrole nitrogens is 1. The Morgan fingerprint density at radius 3 is 2.47 bits per heavy atom. The molecule has 45 heavy (non-hydrogen) atoms. The Hall–Kier alpha value is -3.67. The van der Waals surface area contributed by atoms with Crippen LogP contribution >= 0.6 is 11.8 Å². The van der Waals surface area contributed by atoms with E-state index in [1.165, 1.54) is 23.9 Å². The highest BCUT2D eigenvalue weighted by Crippen LogP contribution is 2.49. The van der Waals surface area contributed by atoms with Crippen LogP contribution in [0.3, 0.4) is 0 Å². The van der Waals surface area contributed by atoms with Gasteiger partial charge in [-0.1, -0.05) is 23.9 Å². The van der Waals surface area contributed by atoms with E-state index in [1.54, 1.807) is 6.07 Å². The molecule has 1 N–H and O–H groups in total. The van der Waals surface area contributed by atoms with Gasteiger partial charge in [0.05, 0.1) is 22.9 Å². The summed E-state index contributed by atoms with van der Waals surface area (Å²) in [5.74, 6) is 0.0824. The summed E-state index contributed by atoms with van der Waals surface area (Å²) >= 11 is 1.52. The first kappa shape index (κ1) is 31.3. The Bertz CT molecular complexity index is 1620. The molecule has 1 saturated heterocycles. The Labute approximate surface area is 265 Å². The number of aromatic amines is 1. The molecule has 1 atom stereocenters. The zero-order chi connectivity index (χ0) is 31.4. The molecule has 0 bridgehead atoms. The van der Waals surface area contributed by atoms with E-state index in [0.717, 1.165) is 71.3 Å². The molecule has 3 aromatic carbocycles. The number of aromatic nitrogens is 1. The summed E-state index contributed by atoms with van der Waals surface area (Å²) < 4.78 is 51.9. The fourth-order valence-corrected chi connectivity index (χ4v) is 6.84. The largest absolute Gasteiger partial charge is 0.493 e. The summed E-state index contributed by atoms with van der Waals surface area (Å²) in [4.78, 5) is 24.3. The molecule has 2 aliphatic rings. The maximum atomic E-state index is 13.5. The predicted molar refractivity (Wildman–Crippen MR) is 170 cm³/mol. The van der Waals surface area contributed by atoms with Gasteiger partial charge in [-0.05, 0) is 74.5 Å². The van der Waals surface area contributed by atoms with E-state index in [2.05, 4.69) is 14.8 Å². The summed E-state index contributed by atoms with van der Waals surface area (Å²) in [6.45, 7) is 8.10. The molecule has 1 fully saturated rings. The van der Waals surface area contributed by atoms with Gasteiger partial charge < -0.3 is 24.3 Å². The van der Waals surface area contributed by atoms with Crippen molar-refractivity contribution in [1.82, 2.24) is 14.8 Å². The van der Waals surface area contributed by atoms with Crippen LogP contribution in [0.15, 0.2) is 82.7 Å². The first-order chi connectivity index (χ1) is 21.7. The molecule has 0 aliphatic carbocycles. The minimum Gasteiger partial charge on any atom is -0.493 e. The van der Waals surface area contributed by atoms with Gasteiger partial charge in [-0.15, -0.1) is 0 Å². The molecule has 238 valence electrons. The second kappa shape index (κ2) is 13.8. The number of nitrogens with zero attached hydrogens (tertiary/aromatic N) is 3. The molecule has 6 rings (SSSR count). The number of hydrogen-bond acceptors (Lipinski definition) is 7. The molecule has 11 heteroatoms. The van der Waals surface area contributed by atoms with E-state index in [-0.39, 0.29) is 18.5 Å². The van der Waals surface area contributed by atoms with Crippen LogP contribution in [0.1, 0.15) is 18.9 Å². The molecule has 0 amide bonds. The highest BCUT2D eigenvalue weighted by molar-refractivity contribution is 7.99. The number of anilines is 2. The topological polar surface area (TPSA) is 61.0 Å². The number of fused-ring (bicyclic) bond motifs is 3. The van der Waals surface area contributed by atoms with Crippen molar-refractivity contribution in [3.05, 3.63) is 78.5 Å². The SMILES string of the molecule is CC(COc1ccc2[nH]ccc2c1)C(=O)OCCN1CCN(CCCN2c3ccccc3Sc3ccc(C(F)(F)F)cc32)CC1. The first-order valence-electron chi connectivity index (χ1n) is 15.3. The van der Waals surface area contributed by atoms with Crippen LogP contribution in [0.4, 0.5) is 24.5 Å². The van der Waals surface area contributed by atoms with Gasteiger partial charge >= 0.3 is 12.1 Å². The van der Waals surface area contributed by atoms with Crippen molar-refractivity contribution < 1.29 is 27.4 Å². The lowest BCUT2D eigenvalue weighted by molar-refractivity contribution is -0.149. The van der Waals surface area contributed by atoms with Crippen molar-refractivity contribution in [1.29, 1.82) is 0 Å². The van der Waals surface area contributed by atoms with E-state index in [1.807, 2.05) is 66.6 Å². The van der Waals surface area contributed by atoms with Gasteiger partial charge in [-0.3, -0.25) is 9.69 Å². The van der Waals surface area contributed by atoms with E-state index in [0.29, 0.717) is 25.4 Å². The zero-order valence-corrected chi connectivity index (χ0v) is 26.0. The lowest BCUT2D eigenvalue weighted by Crippen LogP contribution is -2.47. The number of hydrogen-bond donors (Lipinski definition) is 1. The van der Waals surface area contributed by atoms with Gasteiger partial charge in [-0.25, -0.2) is 0 Å². The van der Waals surface area contributed by atoms with Gasteiger partial charge in [0.15, 0.2) is 0 Å². The van der Waals surface area contributed by atoms with Crippen LogP contribution in [0, 0.1) is 5.92 Å². The number of alkyl halides is 3. The fourth-order valence-electron chi connectivity index (χ4n) is 5.76. The summed E-state index contributed by atoms with van der Waals surface area (Å²) in [5, 5.41) is 1.06. The van der Waals surface area contributed by atoms with Gasteiger partial charge in [0, 0.05) is 66.2 Å². The summed E-state index contributed by atoms with van der Waals surface area (Å²) in [7, 11) is 0. The van der Waals surface area contributed by atoms with Gasteiger partial charge in [-0.2, -0.15) is 13.2 Å². The van der Waals surface area contributed by atoms with Gasteiger partial charge in [0.1, 0.15) is 19.0 Å². The highest BCUT2D eigenvalue weighted by Gasteiger charge is 2.33. The van der Waals surface area contributed by atoms with Crippen LogP contribution in [0.2, 0.25) is 0 Å². The van der Waals surface area contributed by atoms with E-state index < -0.39 is 11.7 Å². The molecule has 0 saturated carbocycles. The van der Waals surface area contributed by atoms with Crippen LogP contribution in [0.5, 0.6) is 5.75 Å². The fraction of sp³-hybridized carbons (Fsp3) is 0.382. The maximum absolute atomic E-state index is 13.5. The lowest BCUT2D eigenvalue weighted by Gasteiger charge is -2.36.